The van der Waals surface area contributed by atoms with Gasteiger partial charge in [-0.2, -0.15) is 0 Å². The smallest absolute Gasteiger partial charge is 0.175 e. The number of benzene rings is 1. The molecule has 28 heavy (non-hydrogen) atoms. The van der Waals surface area contributed by atoms with Crippen LogP contribution in [-0.2, 0) is 29.3 Å². The van der Waals surface area contributed by atoms with Crippen molar-refractivity contribution in [1.29, 1.82) is 0 Å². The lowest BCUT2D eigenvalue weighted by atomic mass is 10.1. The van der Waals surface area contributed by atoms with Gasteiger partial charge in [0.05, 0.1) is 16.3 Å². The van der Waals surface area contributed by atoms with Crippen LogP contribution in [-0.4, -0.2) is 41.1 Å². The van der Waals surface area contributed by atoms with Crippen LogP contribution in [0.5, 0.6) is 0 Å². The summed E-state index contributed by atoms with van der Waals surface area (Å²) < 4.78 is 23.3. The molecule has 0 atom stereocenters. The normalized spacial score (nSPS) is 14.6. The van der Waals surface area contributed by atoms with Crippen LogP contribution in [0.4, 0.5) is 0 Å². The van der Waals surface area contributed by atoms with E-state index in [-0.39, 0.29) is 0 Å². The van der Waals surface area contributed by atoms with Gasteiger partial charge in [0.1, 0.15) is 5.82 Å². The van der Waals surface area contributed by atoms with E-state index in [0.717, 1.165) is 54.5 Å². The molecule has 1 aliphatic heterocycles. The molecule has 0 aliphatic carbocycles. The van der Waals surface area contributed by atoms with Crippen LogP contribution in [0, 0.1) is 6.92 Å². The average Bonchev–Trinajstić information content (AvgIpc) is 2.68. The van der Waals surface area contributed by atoms with Gasteiger partial charge in [-0.3, -0.25) is 9.88 Å². The van der Waals surface area contributed by atoms with E-state index in [1.807, 2.05) is 31.3 Å². The second-order valence-electron chi connectivity index (χ2n) is 7.16. The summed E-state index contributed by atoms with van der Waals surface area (Å²) in [5.74, 6) is 0.823. The molecule has 3 aromatic rings. The fourth-order valence-electron chi connectivity index (χ4n) is 3.44. The second-order valence-corrected chi connectivity index (χ2v) is 9.18. The minimum atomic E-state index is -3.19. The Morgan fingerprint density at radius 3 is 2.61 bits per heavy atom. The Morgan fingerprint density at radius 2 is 1.86 bits per heavy atom. The maximum atomic E-state index is 11.6. The molecule has 1 aliphatic rings. The van der Waals surface area contributed by atoms with Gasteiger partial charge in [0.25, 0.3) is 0 Å². The van der Waals surface area contributed by atoms with Crippen molar-refractivity contribution in [3.8, 4) is 11.3 Å². The van der Waals surface area contributed by atoms with Crippen LogP contribution < -0.4 is 0 Å². The van der Waals surface area contributed by atoms with Crippen molar-refractivity contribution in [2.24, 2.45) is 0 Å². The molecule has 0 radical (unpaired) electrons. The van der Waals surface area contributed by atoms with Gasteiger partial charge in [-0.25, -0.2) is 18.4 Å². The number of sulfone groups is 1. The molecule has 0 unspecified atom stereocenters. The molecule has 3 heterocycles. The highest BCUT2D eigenvalue weighted by Crippen LogP contribution is 2.22. The largest absolute Gasteiger partial charge is 0.293 e. The molecular formula is C21H22N4O2S. The first kappa shape index (κ1) is 18.7. The van der Waals surface area contributed by atoms with Gasteiger partial charge in [0.15, 0.2) is 9.84 Å². The molecule has 0 spiro atoms. The summed E-state index contributed by atoms with van der Waals surface area (Å²) in [4.78, 5) is 16.3. The monoisotopic (exact) mass is 394 g/mol. The summed E-state index contributed by atoms with van der Waals surface area (Å²) in [6.07, 6.45) is 4.06. The zero-order valence-corrected chi connectivity index (χ0v) is 16.8. The lowest BCUT2D eigenvalue weighted by Gasteiger charge is -2.27. The first-order chi connectivity index (χ1) is 13.4. The van der Waals surface area contributed by atoms with E-state index in [1.54, 1.807) is 24.3 Å². The molecular weight excluding hydrogens is 372 g/mol. The first-order valence-electron chi connectivity index (χ1n) is 9.19. The lowest BCUT2D eigenvalue weighted by molar-refractivity contribution is 0.240. The van der Waals surface area contributed by atoms with Gasteiger partial charge in [-0.05, 0) is 31.2 Å². The van der Waals surface area contributed by atoms with E-state index in [1.165, 1.54) is 11.8 Å². The number of aromatic nitrogens is 3. The molecule has 7 heteroatoms. The van der Waals surface area contributed by atoms with Gasteiger partial charge in [0, 0.05) is 55.3 Å². The highest BCUT2D eigenvalue weighted by molar-refractivity contribution is 7.90. The summed E-state index contributed by atoms with van der Waals surface area (Å²) in [5.41, 5.74) is 5.07. The maximum absolute atomic E-state index is 11.6. The molecule has 4 rings (SSSR count). The van der Waals surface area contributed by atoms with Gasteiger partial charge in [-0.15, -0.1) is 0 Å². The Morgan fingerprint density at radius 1 is 1.07 bits per heavy atom. The maximum Gasteiger partial charge on any atom is 0.175 e. The van der Waals surface area contributed by atoms with Crippen LogP contribution in [0.15, 0.2) is 53.6 Å². The average molecular weight is 395 g/mol. The van der Waals surface area contributed by atoms with Crippen molar-refractivity contribution in [2.45, 2.75) is 31.3 Å². The van der Waals surface area contributed by atoms with Crippen molar-refractivity contribution in [2.75, 3.05) is 12.8 Å². The molecule has 144 valence electrons. The minimum Gasteiger partial charge on any atom is -0.293 e. The summed E-state index contributed by atoms with van der Waals surface area (Å²) in [7, 11) is -3.19. The lowest BCUT2D eigenvalue weighted by Crippen LogP contribution is -2.31. The van der Waals surface area contributed by atoms with Crippen molar-refractivity contribution in [3.05, 3.63) is 71.4 Å². The number of hydrogen-bond donors (Lipinski definition) is 0. The van der Waals surface area contributed by atoms with Crippen LogP contribution >= 0.6 is 0 Å². The molecule has 0 bridgehead atoms. The fourth-order valence-corrected chi connectivity index (χ4v) is 4.07. The van der Waals surface area contributed by atoms with Crippen molar-refractivity contribution in [3.63, 3.8) is 0 Å². The molecule has 0 fully saturated rings. The summed E-state index contributed by atoms with van der Waals surface area (Å²) >= 11 is 0. The minimum absolute atomic E-state index is 0.317. The van der Waals surface area contributed by atoms with Gasteiger partial charge in [-0.1, -0.05) is 18.2 Å². The van der Waals surface area contributed by atoms with Crippen molar-refractivity contribution < 1.29 is 8.42 Å². The third kappa shape index (κ3) is 4.10. The second kappa shape index (κ2) is 7.41. The predicted molar refractivity (Wildman–Crippen MR) is 107 cm³/mol. The molecule has 0 saturated heterocycles. The van der Waals surface area contributed by atoms with E-state index in [2.05, 4.69) is 14.9 Å². The molecule has 1 aromatic carbocycles. The van der Waals surface area contributed by atoms with Gasteiger partial charge >= 0.3 is 0 Å². The van der Waals surface area contributed by atoms with E-state index in [4.69, 9.17) is 4.98 Å². The summed E-state index contributed by atoms with van der Waals surface area (Å²) in [5, 5.41) is 0. The number of nitrogens with zero attached hydrogens (tertiary/aromatic N) is 4. The Labute approximate surface area is 165 Å². The van der Waals surface area contributed by atoms with Gasteiger partial charge in [0.2, 0.25) is 0 Å². The molecule has 6 nitrogen and oxygen atoms in total. The van der Waals surface area contributed by atoms with Crippen LogP contribution in [0.2, 0.25) is 0 Å². The van der Waals surface area contributed by atoms with E-state index < -0.39 is 9.84 Å². The van der Waals surface area contributed by atoms with Crippen LogP contribution in [0.25, 0.3) is 11.3 Å². The Kier molecular flexibility index (Phi) is 4.95. The molecule has 0 N–H and O–H groups in total. The summed E-state index contributed by atoms with van der Waals surface area (Å²) in [6, 6.07) is 12.8. The fraction of sp³-hybridized carbons (Fsp3) is 0.286. The van der Waals surface area contributed by atoms with Crippen LogP contribution in [0.1, 0.15) is 22.8 Å². The molecule has 2 aromatic heterocycles. The van der Waals surface area contributed by atoms with E-state index in [0.29, 0.717) is 4.90 Å². The number of aryl methyl sites for hydroxylation is 1. The SMILES string of the molecule is Cc1ncc2c(n1)CCN(Cc1cccc(-c3ccc(S(C)(=O)=O)cc3)n1)C2. The topological polar surface area (TPSA) is 76.1 Å². The van der Waals surface area contributed by atoms with Crippen molar-refractivity contribution in [1.82, 2.24) is 19.9 Å². The number of rotatable bonds is 4. The standard InChI is InChI=1S/C21H22N4O2S/c1-15-22-12-17-13-25(11-10-21(17)23-15)14-18-4-3-5-20(24-18)16-6-8-19(9-7-16)28(2,26)27/h3-9,12H,10-11,13-14H2,1-2H3. The quantitative estimate of drug-likeness (QED) is 0.677. The van der Waals surface area contributed by atoms with Gasteiger partial charge < -0.3 is 0 Å². The van der Waals surface area contributed by atoms with E-state index in [9.17, 15) is 8.42 Å². The number of hydrogen-bond acceptors (Lipinski definition) is 6. The Balaban J connectivity index is 1.51. The Hall–Kier alpha value is -2.64. The third-order valence-corrected chi connectivity index (χ3v) is 6.03. The molecule has 0 amide bonds. The van der Waals surface area contributed by atoms with Crippen LogP contribution in [0.3, 0.4) is 0 Å². The zero-order valence-electron chi connectivity index (χ0n) is 16.0. The zero-order chi connectivity index (χ0) is 19.7. The summed E-state index contributed by atoms with van der Waals surface area (Å²) in [6.45, 7) is 4.44. The highest BCUT2D eigenvalue weighted by Gasteiger charge is 2.18. The van der Waals surface area contributed by atoms with Crippen molar-refractivity contribution >= 4 is 9.84 Å². The van der Waals surface area contributed by atoms with E-state index >= 15 is 0 Å². The highest BCUT2D eigenvalue weighted by atomic mass is 32.2. The number of pyridine rings is 1. The number of fused-ring (bicyclic) bond motifs is 1. The first-order valence-corrected chi connectivity index (χ1v) is 11.1. The third-order valence-electron chi connectivity index (χ3n) is 4.90. The Bertz CT molecular complexity index is 1110. The predicted octanol–water partition coefficient (Wildman–Crippen LogP) is 2.81. The molecule has 0 saturated carbocycles.